The van der Waals surface area contributed by atoms with Crippen molar-refractivity contribution in [3.8, 4) is 0 Å². The van der Waals surface area contributed by atoms with E-state index in [0.717, 1.165) is 7.05 Å². The number of nitrogens with zero attached hydrogens (tertiary/aromatic N) is 2. The van der Waals surface area contributed by atoms with Gasteiger partial charge in [0.05, 0.1) is 17.5 Å². The number of halogens is 5. The minimum Gasteiger partial charge on any atom is -0.314 e. The summed E-state index contributed by atoms with van der Waals surface area (Å²) < 4.78 is 52.5. The van der Waals surface area contributed by atoms with Crippen LogP contribution in [0.1, 0.15) is 19.8 Å². The van der Waals surface area contributed by atoms with Crippen LogP contribution in [0.15, 0.2) is 23.2 Å². The number of carbonyl (C=O) groups excluding carboxylic acids is 2. The molecule has 3 amide bonds. The van der Waals surface area contributed by atoms with Crippen LogP contribution in [0.5, 0.6) is 0 Å². The number of imide groups is 1. The zero-order chi connectivity index (χ0) is 16.8. The largest absolute Gasteiger partial charge is 0.409 e. The van der Waals surface area contributed by atoms with Crippen molar-refractivity contribution in [1.29, 1.82) is 0 Å². The van der Waals surface area contributed by atoms with Crippen LogP contribution >= 0.6 is 11.6 Å². The number of hydrogen-bond donors (Lipinski definition) is 0. The molecule has 2 atom stereocenters. The SMILES string of the molecule is CC1=CC(N2C(=O)CC(C(F)(F)F)N(C)C2=O)=C(F)CC1Cl. The number of urea groups is 1. The van der Waals surface area contributed by atoms with Gasteiger partial charge in [-0.3, -0.25) is 4.79 Å². The summed E-state index contributed by atoms with van der Waals surface area (Å²) in [6.45, 7) is 1.59. The van der Waals surface area contributed by atoms with Crippen LogP contribution in [0.3, 0.4) is 0 Å². The standard InChI is InChI=1S/C13H13ClF4N2O2/c1-6-3-9(8(15)4-7(6)14)20-11(21)5-10(13(16,17)18)19(2)12(20)22/h3,7,10H,4-5H2,1-2H3. The molecule has 0 N–H and O–H groups in total. The van der Waals surface area contributed by atoms with Crippen LogP contribution in [0.25, 0.3) is 0 Å². The first kappa shape index (κ1) is 16.8. The summed E-state index contributed by atoms with van der Waals surface area (Å²) in [5, 5.41) is -0.612. The van der Waals surface area contributed by atoms with E-state index in [9.17, 15) is 27.2 Å². The van der Waals surface area contributed by atoms with Gasteiger partial charge in [-0.05, 0) is 13.0 Å². The number of hydrogen-bond acceptors (Lipinski definition) is 2. The van der Waals surface area contributed by atoms with Crippen molar-refractivity contribution in [3.05, 3.63) is 23.2 Å². The summed E-state index contributed by atoms with van der Waals surface area (Å²) in [5.74, 6) is -1.89. The monoisotopic (exact) mass is 340 g/mol. The molecule has 0 aromatic carbocycles. The molecule has 9 heteroatoms. The maximum Gasteiger partial charge on any atom is 0.409 e. The summed E-state index contributed by atoms with van der Waals surface area (Å²) in [4.78, 5) is 24.9. The lowest BCUT2D eigenvalue weighted by atomic mass is 10.0. The summed E-state index contributed by atoms with van der Waals surface area (Å²) >= 11 is 5.86. The fourth-order valence-electron chi connectivity index (χ4n) is 2.36. The first-order valence-electron chi connectivity index (χ1n) is 6.41. The number of alkyl halides is 4. The molecule has 0 spiro atoms. The molecule has 0 radical (unpaired) electrons. The van der Waals surface area contributed by atoms with E-state index in [1.165, 1.54) is 6.08 Å². The first-order chi connectivity index (χ1) is 10.0. The number of carbonyl (C=O) groups is 2. The molecule has 2 unspecified atom stereocenters. The Kier molecular flexibility index (Phi) is 4.25. The summed E-state index contributed by atoms with van der Waals surface area (Å²) in [7, 11) is 0.933. The fourth-order valence-corrected chi connectivity index (χ4v) is 2.56. The molecular weight excluding hydrogens is 328 g/mol. The molecule has 1 aliphatic carbocycles. The van der Waals surface area contributed by atoms with Crippen LogP contribution in [-0.2, 0) is 4.79 Å². The molecule has 2 aliphatic rings. The van der Waals surface area contributed by atoms with Gasteiger partial charge in [-0.1, -0.05) is 5.57 Å². The van der Waals surface area contributed by atoms with Crippen LogP contribution in [-0.4, -0.2) is 46.4 Å². The van der Waals surface area contributed by atoms with Gasteiger partial charge >= 0.3 is 12.2 Å². The predicted molar refractivity (Wildman–Crippen MR) is 70.6 cm³/mol. The number of allylic oxidation sites excluding steroid dienone is 3. The molecule has 1 fully saturated rings. The van der Waals surface area contributed by atoms with E-state index < -0.39 is 41.8 Å². The summed E-state index contributed by atoms with van der Waals surface area (Å²) in [5.41, 5.74) is 0.191. The van der Waals surface area contributed by atoms with Gasteiger partial charge in [0.15, 0.2) is 0 Å². The highest BCUT2D eigenvalue weighted by atomic mass is 35.5. The Bertz CT molecular complexity index is 585. The van der Waals surface area contributed by atoms with E-state index in [-0.39, 0.29) is 12.1 Å². The molecule has 1 saturated heterocycles. The summed E-state index contributed by atoms with van der Waals surface area (Å²) in [6, 6.07) is -3.41. The minimum absolute atomic E-state index is 0.220. The maximum atomic E-state index is 14.0. The maximum absolute atomic E-state index is 14.0. The van der Waals surface area contributed by atoms with E-state index >= 15 is 0 Å². The van der Waals surface area contributed by atoms with Crippen molar-refractivity contribution in [2.24, 2.45) is 0 Å². The van der Waals surface area contributed by atoms with Gasteiger partial charge in [0.1, 0.15) is 11.9 Å². The Morgan fingerprint density at radius 2 is 1.86 bits per heavy atom. The van der Waals surface area contributed by atoms with Gasteiger partial charge in [-0.25, -0.2) is 14.1 Å². The lowest BCUT2D eigenvalue weighted by Gasteiger charge is -2.39. The van der Waals surface area contributed by atoms with Crippen molar-refractivity contribution >= 4 is 23.5 Å². The second-order valence-corrected chi connectivity index (χ2v) is 5.76. The van der Waals surface area contributed by atoms with Gasteiger partial charge < -0.3 is 4.90 Å². The fraction of sp³-hybridized carbons (Fsp3) is 0.538. The molecule has 2 rings (SSSR count). The van der Waals surface area contributed by atoms with Crippen molar-refractivity contribution < 1.29 is 27.2 Å². The van der Waals surface area contributed by atoms with E-state index in [1.807, 2.05) is 0 Å². The predicted octanol–water partition coefficient (Wildman–Crippen LogP) is 3.34. The Morgan fingerprint density at radius 3 is 2.41 bits per heavy atom. The average molecular weight is 341 g/mol. The number of rotatable bonds is 1. The molecule has 0 aromatic rings. The van der Waals surface area contributed by atoms with Gasteiger partial charge in [-0.15, -0.1) is 11.6 Å². The third-order valence-electron chi connectivity index (χ3n) is 3.69. The molecule has 1 aliphatic heterocycles. The quantitative estimate of drug-likeness (QED) is 0.542. The first-order valence-corrected chi connectivity index (χ1v) is 6.85. The van der Waals surface area contributed by atoms with Crippen LogP contribution in [0.4, 0.5) is 22.4 Å². The Morgan fingerprint density at radius 1 is 1.27 bits per heavy atom. The average Bonchev–Trinajstić information content (AvgIpc) is 2.38. The highest BCUT2D eigenvalue weighted by Gasteiger charge is 2.51. The zero-order valence-electron chi connectivity index (χ0n) is 11.7. The Hall–Kier alpha value is -1.57. The minimum atomic E-state index is -4.72. The second-order valence-electron chi connectivity index (χ2n) is 5.23. The van der Waals surface area contributed by atoms with E-state index in [0.29, 0.717) is 15.4 Å². The molecule has 1 heterocycles. The molecule has 22 heavy (non-hydrogen) atoms. The van der Waals surface area contributed by atoms with Crippen molar-refractivity contribution in [3.63, 3.8) is 0 Å². The number of amides is 3. The lowest BCUT2D eigenvalue weighted by molar-refractivity contribution is -0.184. The van der Waals surface area contributed by atoms with Gasteiger partial charge in [0, 0.05) is 13.5 Å². The third kappa shape index (κ3) is 2.84. The highest BCUT2D eigenvalue weighted by Crippen LogP contribution is 2.36. The van der Waals surface area contributed by atoms with Crippen LogP contribution in [0.2, 0.25) is 0 Å². The van der Waals surface area contributed by atoms with Crippen LogP contribution in [0, 0.1) is 0 Å². The van der Waals surface area contributed by atoms with Gasteiger partial charge in [0.25, 0.3) is 0 Å². The molecule has 0 saturated carbocycles. The second kappa shape index (κ2) is 5.57. The van der Waals surface area contributed by atoms with E-state index in [1.54, 1.807) is 6.92 Å². The van der Waals surface area contributed by atoms with Crippen molar-refractivity contribution in [1.82, 2.24) is 9.80 Å². The molecule has 122 valence electrons. The van der Waals surface area contributed by atoms with Crippen molar-refractivity contribution in [2.45, 2.75) is 37.4 Å². The highest BCUT2D eigenvalue weighted by molar-refractivity contribution is 6.22. The van der Waals surface area contributed by atoms with Crippen molar-refractivity contribution in [2.75, 3.05) is 7.05 Å². The molecule has 0 bridgehead atoms. The van der Waals surface area contributed by atoms with E-state index in [4.69, 9.17) is 11.6 Å². The van der Waals surface area contributed by atoms with E-state index in [2.05, 4.69) is 0 Å². The lowest BCUT2D eigenvalue weighted by Crippen LogP contribution is -2.59. The molecular formula is C13H13ClF4N2O2. The third-order valence-corrected chi connectivity index (χ3v) is 4.19. The smallest absolute Gasteiger partial charge is 0.314 e. The topological polar surface area (TPSA) is 40.6 Å². The summed E-state index contributed by atoms with van der Waals surface area (Å²) in [6.07, 6.45) is -4.67. The van der Waals surface area contributed by atoms with Crippen LogP contribution < -0.4 is 0 Å². The molecule has 4 nitrogen and oxygen atoms in total. The van der Waals surface area contributed by atoms with Gasteiger partial charge in [-0.2, -0.15) is 13.2 Å². The Labute approximate surface area is 129 Å². The normalized spacial score (nSPS) is 27.5. The zero-order valence-corrected chi connectivity index (χ0v) is 12.5. The Balaban J connectivity index is 2.37. The molecule has 0 aromatic heterocycles. The van der Waals surface area contributed by atoms with Gasteiger partial charge in [0.2, 0.25) is 5.91 Å².